The Morgan fingerprint density at radius 1 is 0.949 bits per heavy atom. The highest BCUT2D eigenvalue weighted by molar-refractivity contribution is 7.92. The number of amides is 2. The second kappa shape index (κ2) is 12.5. The number of rotatable bonds is 10. The molecule has 3 aromatic rings. The van der Waals surface area contributed by atoms with E-state index in [4.69, 9.17) is 11.6 Å². The summed E-state index contributed by atoms with van der Waals surface area (Å²) < 4.78 is 66.0. The van der Waals surface area contributed by atoms with Crippen molar-refractivity contribution in [2.24, 2.45) is 0 Å². The molecule has 2 amide bonds. The number of carbonyl (C=O) groups is 2. The van der Waals surface area contributed by atoms with E-state index in [0.717, 1.165) is 24.0 Å². The van der Waals surface area contributed by atoms with E-state index in [2.05, 4.69) is 5.32 Å². The monoisotopic (exact) mass is 581 g/mol. The molecule has 0 aliphatic carbocycles. The van der Waals surface area contributed by atoms with Crippen LogP contribution in [0.5, 0.6) is 0 Å². The standard InChI is InChI=1S/C27H27ClF3N3O4S/c1-32-26(36)24(15-19-7-4-3-5-8-19)33(17-20-11-13-22(28)14-12-20)25(35)18-34(39(2,37)38)23-10-6-9-21(16-23)27(29,30)31/h3-14,16,24H,15,17-18H2,1-2H3,(H,32,36)/t24-/m0/s1. The summed E-state index contributed by atoms with van der Waals surface area (Å²) in [5.74, 6) is -1.27. The number of sulfonamides is 1. The SMILES string of the molecule is CNC(=O)[C@H](Cc1ccccc1)N(Cc1ccc(Cl)cc1)C(=O)CN(c1cccc(C(F)(F)F)c1)S(C)(=O)=O. The third-order valence-electron chi connectivity index (χ3n) is 5.92. The first kappa shape index (κ1) is 30.0. The summed E-state index contributed by atoms with van der Waals surface area (Å²) in [4.78, 5) is 28.0. The van der Waals surface area contributed by atoms with Crippen LogP contribution in [0.4, 0.5) is 18.9 Å². The molecule has 0 spiro atoms. The van der Waals surface area contributed by atoms with E-state index in [-0.39, 0.29) is 18.7 Å². The van der Waals surface area contributed by atoms with Crippen LogP contribution >= 0.6 is 11.6 Å². The highest BCUT2D eigenvalue weighted by atomic mass is 35.5. The average Bonchev–Trinajstić information content (AvgIpc) is 2.89. The molecule has 0 radical (unpaired) electrons. The number of benzene rings is 3. The second-order valence-electron chi connectivity index (χ2n) is 8.79. The lowest BCUT2D eigenvalue weighted by molar-refractivity contribution is -0.139. The summed E-state index contributed by atoms with van der Waals surface area (Å²) in [5.41, 5.74) is -0.0318. The fourth-order valence-electron chi connectivity index (χ4n) is 3.96. The fraction of sp³-hybridized carbons (Fsp3) is 0.259. The van der Waals surface area contributed by atoms with Gasteiger partial charge in [0.25, 0.3) is 0 Å². The van der Waals surface area contributed by atoms with E-state index in [0.29, 0.717) is 21.0 Å². The second-order valence-corrected chi connectivity index (χ2v) is 11.1. The van der Waals surface area contributed by atoms with Gasteiger partial charge in [0.15, 0.2) is 0 Å². The Kier molecular flexibility index (Phi) is 9.63. The van der Waals surface area contributed by atoms with Gasteiger partial charge in [0.05, 0.1) is 17.5 Å². The fourth-order valence-corrected chi connectivity index (χ4v) is 4.93. The van der Waals surface area contributed by atoms with Crippen LogP contribution in [0.2, 0.25) is 5.02 Å². The van der Waals surface area contributed by atoms with Crippen molar-refractivity contribution < 1.29 is 31.2 Å². The molecule has 0 aliphatic heterocycles. The summed E-state index contributed by atoms with van der Waals surface area (Å²) in [7, 11) is -2.78. The molecule has 208 valence electrons. The van der Waals surface area contributed by atoms with Crippen LogP contribution in [0.25, 0.3) is 0 Å². The topological polar surface area (TPSA) is 86.8 Å². The number of nitrogens with one attached hydrogen (secondary N) is 1. The minimum absolute atomic E-state index is 0.0822. The number of carbonyl (C=O) groups excluding carboxylic acids is 2. The van der Waals surface area contributed by atoms with Gasteiger partial charge >= 0.3 is 6.18 Å². The molecule has 0 saturated heterocycles. The van der Waals surface area contributed by atoms with Crippen LogP contribution in [-0.2, 0) is 38.8 Å². The van der Waals surface area contributed by atoms with Crippen LogP contribution in [0.15, 0.2) is 78.9 Å². The Morgan fingerprint density at radius 2 is 1.59 bits per heavy atom. The van der Waals surface area contributed by atoms with Gasteiger partial charge < -0.3 is 10.2 Å². The molecule has 12 heteroatoms. The maximum atomic E-state index is 13.8. The van der Waals surface area contributed by atoms with Crippen molar-refractivity contribution >= 4 is 39.1 Å². The molecule has 0 heterocycles. The van der Waals surface area contributed by atoms with Crippen molar-refractivity contribution in [2.75, 3.05) is 24.2 Å². The smallest absolute Gasteiger partial charge is 0.357 e. The molecule has 0 aromatic heterocycles. The van der Waals surface area contributed by atoms with Crippen LogP contribution in [0.3, 0.4) is 0 Å². The van der Waals surface area contributed by atoms with Crippen LogP contribution in [0.1, 0.15) is 16.7 Å². The van der Waals surface area contributed by atoms with E-state index in [1.54, 1.807) is 54.6 Å². The summed E-state index contributed by atoms with van der Waals surface area (Å²) >= 11 is 5.99. The van der Waals surface area contributed by atoms with Crippen LogP contribution in [0, 0.1) is 0 Å². The van der Waals surface area contributed by atoms with E-state index < -0.39 is 46.2 Å². The van der Waals surface area contributed by atoms with Crippen molar-refractivity contribution in [3.8, 4) is 0 Å². The summed E-state index contributed by atoms with van der Waals surface area (Å²) in [6.07, 6.45) is -3.81. The molecule has 0 fully saturated rings. The van der Waals surface area contributed by atoms with Crippen molar-refractivity contribution in [1.29, 1.82) is 0 Å². The molecule has 1 N–H and O–H groups in total. The zero-order valence-corrected chi connectivity index (χ0v) is 22.7. The van der Waals surface area contributed by atoms with Gasteiger partial charge in [-0.05, 0) is 41.5 Å². The molecule has 7 nitrogen and oxygen atoms in total. The Labute approximate surface area is 230 Å². The maximum absolute atomic E-state index is 13.8. The number of hydrogen-bond acceptors (Lipinski definition) is 4. The third-order valence-corrected chi connectivity index (χ3v) is 7.32. The highest BCUT2D eigenvalue weighted by Crippen LogP contribution is 2.32. The van der Waals surface area contributed by atoms with E-state index >= 15 is 0 Å². The number of likely N-dealkylation sites (N-methyl/N-ethyl adjacent to an activating group) is 1. The van der Waals surface area contributed by atoms with Gasteiger partial charge in [0, 0.05) is 25.0 Å². The molecular weight excluding hydrogens is 555 g/mol. The van der Waals surface area contributed by atoms with Crippen molar-refractivity contribution in [2.45, 2.75) is 25.2 Å². The third kappa shape index (κ3) is 8.21. The molecule has 0 aliphatic rings. The number of alkyl halides is 3. The molecule has 0 saturated carbocycles. The summed E-state index contributed by atoms with van der Waals surface area (Å²) in [6, 6.07) is 18.1. The van der Waals surface area contributed by atoms with Crippen LogP contribution in [-0.4, -0.2) is 51.0 Å². The van der Waals surface area contributed by atoms with Gasteiger partial charge in [-0.15, -0.1) is 0 Å². The molecule has 0 bridgehead atoms. The molecular formula is C27H27ClF3N3O4S. The molecule has 1 atom stereocenters. The Morgan fingerprint density at radius 3 is 2.15 bits per heavy atom. The van der Waals surface area contributed by atoms with E-state index in [9.17, 15) is 31.2 Å². The number of anilines is 1. The predicted octanol–water partition coefficient (Wildman–Crippen LogP) is 4.51. The minimum Gasteiger partial charge on any atom is -0.357 e. The normalized spacial score (nSPS) is 12.5. The molecule has 3 aromatic carbocycles. The lowest BCUT2D eigenvalue weighted by atomic mass is 10.0. The Balaban J connectivity index is 2.04. The Hall–Kier alpha value is -3.57. The number of hydrogen-bond donors (Lipinski definition) is 1. The zero-order valence-electron chi connectivity index (χ0n) is 21.2. The number of halogens is 4. The van der Waals surface area contributed by atoms with Gasteiger partial charge in [-0.25, -0.2) is 8.42 Å². The number of nitrogens with zero attached hydrogens (tertiary/aromatic N) is 2. The van der Waals surface area contributed by atoms with Gasteiger partial charge in [-0.2, -0.15) is 13.2 Å². The van der Waals surface area contributed by atoms with Crippen molar-refractivity contribution in [3.63, 3.8) is 0 Å². The van der Waals surface area contributed by atoms with Crippen molar-refractivity contribution in [1.82, 2.24) is 10.2 Å². The lowest BCUT2D eigenvalue weighted by Crippen LogP contribution is -2.52. The Bertz CT molecular complexity index is 1400. The highest BCUT2D eigenvalue weighted by Gasteiger charge is 2.34. The molecule has 3 rings (SSSR count). The van der Waals surface area contributed by atoms with Gasteiger partial charge in [-0.1, -0.05) is 60.1 Å². The quantitative estimate of drug-likeness (QED) is 0.382. The molecule has 0 unspecified atom stereocenters. The van der Waals surface area contributed by atoms with Crippen LogP contribution < -0.4 is 9.62 Å². The zero-order chi connectivity index (χ0) is 28.8. The van der Waals surface area contributed by atoms with Gasteiger partial charge in [0.1, 0.15) is 12.6 Å². The van der Waals surface area contributed by atoms with Crippen molar-refractivity contribution in [3.05, 3.63) is 101 Å². The first-order valence-corrected chi connectivity index (χ1v) is 14.0. The summed E-state index contributed by atoms with van der Waals surface area (Å²) in [5, 5.41) is 3.00. The average molecular weight is 582 g/mol. The first-order chi connectivity index (χ1) is 18.3. The largest absolute Gasteiger partial charge is 0.416 e. The van der Waals surface area contributed by atoms with Gasteiger partial charge in [0.2, 0.25) is 21.8 Å². The van der Waals surface area contributed by atoms with Gasteiger partial charge in [-0.3, -0.25) is 13.9 Å². The first-order valence-electron chi connectivity index (χ1n) is 11.7. The predicted molar refractivity (Wildman–Crippen MR) is 144 cm³/mol. The minimum atomic E-state index is -4.72. The van der Waals surface area contributed by atoms with E-state index in [1.165, 1.54) is 18.0 Å². The maximum Gasteiger partial charge on any atom is 0.416 e. The lowest BCUT2D eigenvalue weighted by Gasteiger charge is -2.33. The summed E-state index contributed by atoms with van der Waals surface area (Å²) in [6.45, 7) is -0.906. The molecule has 39 heavy (non-hydrogen) atoms. The van der Waals surface area contributed by atoms with E-state index in [1.807, 2.05) is 0 Å².